The molecule has 6 nitrogen and oxygen atoms in total. The molecule has 1 saturated carbocycles. The predicted octanol–water partition coefficient (Wildman–Crippen LogP) is 1.80. The smallest absolute Gasteiger partial charge is 0.356 e. The maximum atomic E-state index is 11.0. The van der Waals surface area contributed by atoms with Gasteiger partial charge >= 0.3 is 5.97 Å². The molecule has 1 aliphatic rings. The van der Waals surface area contributed by atoms with E-state index >= 15 is 0 Å². The quantitative estimate of drug-likeness (QED) is 0.830. The fourth-order valence-corrected chi connectivity index (χ4v) is 2.49. The summed E-state index contributed by atoms with van der Waals surface area (Å²) in [4.78, 5) is 19.3. The Labute approximate surface area is 97.7 Å². The van der Waals surface area contributed by atoms with Crippen LogP contribution in [0.25, 0.3) is 5.78 Å². The van der Waals surface area contributed by atoms with Gasteiger partial charge in [0.2, 0.25) is 0 Å². The van der Waals surface area contributed by atoms with Crippen molar-refractivity contribution in [2.45, 2.75) is 38.0 Å². The van der Waals surface area contributed by atoms with Crippen LogP contribution in [-0.4, -0.2) is 30.7 Å². The molecule has 6 heteroatoms. The Morgan fingerprint density at radius 2 is 2.18 bits per heavy atom. The van der Waals surface area contributed by atoms with Crippen LogP contribution in [0.3, 0.4) is 0 Å². The number of imidazole rings is 1. The molecule has 2 aromatic rings. The van der Waals surface area contributed by atoms with E-state index in [-0.39, 0.29) is 5.69 Å². The largest absolute Gasteiger partial charge is 0.476 e. The molecular formula is C11H14N4O2. The highest BCUT2D eigenvalue weighted by molar-refractivity contribution is 5.86. The summed E-state index contributed by atoms with van der Waals surface area (Å²) in [5.41, 5.74) is 0.134. The highest BCUT2D eigenvalue weighted by atomic mass is 16.4. The molecule has 0 bridgehead atoms. The molecule has 1 aliphatic carbocycles. The number of aromatic nitrogens is 4. The third-order valence-electron chi connectivity index (χ3n) is 3.40. The minimum absolute atomic E-state index is 0.134. The fourth-order valence-electron chi connectivity index (χ4n) is 2.49. The summed E-state index contributed by atoms with van der Waals surface area (Å²) in [6.45, 7) is 0. The standard InChI is InChI=1S/C11H14N4O2/c16-10(17)8-6-12-11-13-9(14-15(8)11)7-4-2-1-3-5-7/h6-7H,1-5H2,(H,16,17)(H,12,13,14). The van der Waals surface area contributed by atoms with Gasteiger partial charge in [-0.2, -0.15) is 4.98 Å². The van der Waals surface area contributed by atoms with Gasteiger partial charge in [0, 0.05) is 5.92 Å². The lowest BCUT2D eigenvalue weighted by Gasteiger charge is -2.18. The van der Waals surface area contributed by atoms with Crippen molar-refractivity contribution < 1.29 is 9.90 Å². The fraction of sp³-hybridized carbons (Fsp3) is 0.545. The Bertz CT molecular complexity index is 551. The average molecular weight is 234 g/mol. The first-order valence-electron chi connectivity index (χ1n) is 5.92. The lowest BCUT2D eigenvalue weighted by atomic mass is 9.89. The maximum Gasteiger partial charge on any atom is 0.356 e. The summed E-state index contributed by atoms with van der Waals surface area (Å²) in [5.74, 6) is 0.752. The Morgan fingerprint density at radius 1 is 1.41 bits per heavy atom. The van der Waals surface area contributed by atoms with Crippen molar-refractivity contribution in [1.29, 1.82) is 0 Å². The van der Waals surface area contributed by atoms with Gasteiger partial charge in [0.25, 0.3) is 5.78 Å². The van der Waals surface area contributed by atoms with Crippen molar-refractivity contribution in [3.63, 3.8) is 0 Å². The van der Waals surface area contributed by atoms with E-state index in [2.05, 4.69) is 15.1 Å². The van der Waals surface area contributed by atoms with Crippen molar-refractivity contribution >= 4 is 11.7 Å². The van der Waals surface area contributed by atoms with Gasteiger partial charge in [-0.15, -0.1) is 0 Å². The number of nitrogens with zero attached hydrogens (tertiary/aromatic N) is 3. The van der Waals surface area contributed by atoms with Crippen LogP contribution in [0.5, 0.6) is 0 Å². The van der Waals surface area contributed by atoms with E-state index in [9.17, 15) is 4.79 Å². The maximum absolute atomic E-state index is 11.0. The number of H-pyrrole nitrogens is 1. The normalized spacial score (nSPS) is 17.6. The average Bonchev–Trinajstić information content (AvgIpc) is 2.88. The molecule has 0 unspecified atom stereocenters. The molecule has 90 valence electrons. The van der Waals surface area contributed by atoms with Gasteiger partial charge in [-0.3, -0.25) is 5.10 Å². The van der Waals surface area contributed by atoms with Crippen LogP contribution in [0.15, 0.2) is 6.20 Å². The van der Waals surface area contributed by atoms with Gasteiger partial charge in [-0.1, -0.05) is 19.3 Å². The van der Waals surface area contributed by atoms with Gasteiger partial charge in [0.1, 0.15) is 5.82 Å². The number of hydrogen-bond acceptors (Lipinski definition) is 3. The number of carboxylic acids is 1. The summed E-state index contributed by atoms with van der Waals surface area (Å²) >= 11 is 0. The third-order valence-corrected chi connectivity index (χ3v) is 3.40. The first kappa shape index (κ1) is 10.3. The number of aromatic carboxylic acids is 1. The van der Waals surface area contributed by atoms with Crippen LogP contribution in [0.4, 0.5) is 0 Å². The number of fused-ring (bicyclic) bond motifs is 1. The third kappa shape index (κ3) is 1.69. The van der Waals surface area contributed by atoms with Crippen LogP contribution < -0.4 is 0 Å². The molecular weight excluding hydrogens is 220 g/mol. The zero-order valence-electron chi connectivity index (χ0n) is 9.39. The highest BCUT2D eigenvalue weighted by Gasteiger charge is 2.21. The zero-order chi connectivity index (χ0) is 11.8. The molecule has 0 saturated heterocycles. The van der Waals surface area contributed by atoms with Crippen molar-refractivity contribution in [1.82, 2.24) is 19.6 Å². The molecule has 17 heavy (non-hydrogen) atoms. The van der Waals surface area contributed by atoms with Crippen molar-refractivity contribution in [2.24, 2.45) is 0 Å². The molecule has 3 rings (SSSR count). The van der Waals surface area contributed by atoms with E-state index in [0.717, 1.165) is 18.7 Å². The molecule has 0 amide bonds. The summed E-state index contributed by atoms with van der Waals surface area (Å²) in [5, 5.41) is 12.0. The van der Waals surface area contributed by atoms with Crippen LogP contribution in [0.1, 0.15) is 54.3 Å². The van der Waals surface area contributed by atoms with Crippen molar-refractivity contribution in [3.8, 4) is 0 Å². The van der Waals surface area contributed by atoms with Crippen LogP contribution in [0, 0.1) is 0 Å². The lowest BCUT2D eigenvalue weighted by Crippen LogP contribution is -2.07. The lowest BCUT2D eigenvalue weighted by molar-refractivity contribution is 0.0688. The van der Waals surface area contributed by atoms with Gasteiger partial charge in [0.15, 0.2) is 5.69 Å². The molecule has 2 N–H and O–H groups in total. The van der Waals surface area contributed by atoms with Gasteiger partial charge in [0.05, 0.1) is 6.20 Å². The second kappa shape index (κ2) is 3.87. The first-order valence-corrected chi connectivity index (χ1v) is 5.92. The molecule has 0 aliphatic heterocycles. The van der Waals surface area contributed by atoms with Crippen LogP contribution in [-0.2, 0) is 0 Å². The summed E-state index contributed by atoms with van der Waals surface area (Å²) in [6.07, 6.45) is 7.30. The monoisotopic (exact) mass is 234 g/mol. The Kier molecular flexibility index (Phi) is 2.35. The number of hydrogen-bond donors (Lipinski definition) is 2. The summed E-state index contributed by atoms with van der Waals surface area (Å²) in [7, 11) is 0. The first-order chi connectivity index (χ1) is 8.25. The van der Waals surface area contributed by atoms with Gasteiger partial charge in [-0.25, -0.2) is 14.3 Å². The zero-order valence-corrected chi connectivity index (χ0v) is 9.39. The number of carbonyl (C=O) groups is 1. The van der Waals surface area contributed by atoms with E-state index in [0.29, 0.717) is 11.7 Å². The topological polar surface area (TPSA) is 83.3 Å². The SMILES string of the molecule is O=C(O)c1cnc2nc(C3CCCCC3)[nH]n12. The minimum Gasteiger partial charge on any atom is -0.476 e. The molecule has 2 heterocycles. The number of rotatable bonds is 2. The molecule has 0 atom stereocenters. The number of carboxylic acid groups (broad SMARTS) is 1. The Balaban J connectivity index is 1.98. The van der Waals surface area contributed by atoms with Gasteiger partial charge in [-0.05, 0) is 12.8 Å². The number of aromatic amines is 1. The second-order valence-electron chi connectivity index (χ2n) is 4.53. The molecule has 0 spiro atoms. The highest BCUT2D eigenvalue weighted by Crippen LogP contribution is 2.30. The predicted molar refractivity (Wildman–Crippen MR) is 60.1 cm³/mol. The molecule has 0 aromatic carbocycles. The van der Waals surface area contributed by atoms with E-state index in [1.807, 2.05) is 0 Å². The molecule has 0 radical (unpaired) electrons. The summed E-state index contributed by atoms with van der Waals surface area (Å²) in [6, 6.07) is 0. The van der Waals surface area contributed by atoms with E-state index < -0.39 is 5.97 Å². The Morgan fingerprint density at radius 3 is 2.88 bits per heavy atom. The summed E-state index contributed by atoms with van der Waals surface area (Å²) < 4.78 is 1.45. The van der Waals surface area contributed by atoms with Crippen LogP contribution >= 0.6 is 0 Å². The van der Waals surface area contributed by atoms with Crippen LogP contribution in [0.2, 0.25) is 0 Å². The Hall–Kier alpha value is -1.85. The van der Waals surface area contributed by atoms with Crippen molar-refractivity contribution in [3.05, 3.63) is 17.7 Å². The van der Waals surface area contributed by atoms with E-state index in [1.165, 1.54) is 30.0 Å². The van der Waals surface area contributed by atoms with Crippen molar-refractivity contribution in [2.75, 3.05) is 0 Å². The van der Waals surface area contributed by atoms with E-state index in [1.54, 1.807) is 0 Å². The van der Waals surface area contributed by atoms with Gasteiger partial charge < -0.3 is 5.11 Å². The minimum atomic E-state index is -0.989. The molecule has 2 aromatic heterocycles. The van der Waals surface area contributed by atoms with E-state index in [4.69, 9.17) is 5.11 Å². The number of nitrogens with one attached hydrogen (secondary N) is 1. The molecule has 1 fully saturated rings. The second-order valence-corrected chi connectivity index (χ2v) is 4.53.